The SMILES string of the molecule is CCCCC/C=C\CC/C=C\CC/C=C\CC/C=C\CCCC(=O)C(C)C. The smallest absolute Gasteiger partial charge is 0.135 e. The monoisotopic (exact) mass is 372 g/mol. The summed E-state index contributed by atoms with van der Waals surface area (Å²) in [7, 11) is 0. The van der Waals surface area contributed by atoms with Gasteiger partial charge in [0, 0.05) is 12.3 Å². The number of unbranched alkanes of at least 4 members (excludes halogenated alkanes) is 7. The molecule has 0 N–H and O–H groups in total. The lowest BCUT2D eigenvalue weighted by molar-refractivity contribution is -0.121. The number of rotatable bonds is 18. The van der Waals surface area contributed by atoms with E-state index in [-0.39, 0.29) is 5.92 Å². The van der Waals surface area contributed by atoms with E-state index in [0.717, 1.165) is 44.9 Å². The number of ketones is 1. The van der Waals surface area contributed by atoms with Crippen LogP contribution in [0, 0.1) is 5.92 Å². The van der Waals surface area contributed by atoms with Gasteiger partial charge in [0.15, 0.2) is 0 Å². The number of carbonyl (C=O) groups excluding carboxylic acids is 1. The van der Waals surface area contributed by atoms with Crippen molar-refractivity contribution in [3.8, 4) is 0 Å². The summed E-state index contributed by atoms with van der Waals surface area (Å²) in [5.41, 5.74) is 0. The van der Waals surface area contributed by atoms with Crippen molar-refractivity contribution in [2.24, 2.45) is 5.92 Å². The molecule has 1 nitrogen and oxygen atoms in total. The van der Waals surface area contributed by atoms with Crippen LogP contribution >= 0.6 is 0 Å². The first-order valence-electron chi connectivity index (χ1n) is 11.3. The fourth-order valence-corrected chi connectivity index (χ4v) is 2.72. The van der Waals surface area contributed by atoms with Gasteiger partial charge in [-0.15, -0.1) is 0 Å². The zero-order valence-electron chi connectivity index (χ0n) is 18.3. The van der Waals surface area contributed by atoms with E-state index in [0.29, 0.717) is 5.78 Å². The van der Waals surface area contributed by atoms with E-state index in [1.54, 1.807) is 0 Å². The lowest BCUT2D eigenvalue weighted by Gasteiger charge is -2.01. The summed E-state index contributed by atoms with van der Waals surface area (Å²) in [5, 5.41) is 0. The largest absolute Gasteiger partial charge is 0.299 e. The van der Waals surface area contributed by atoms with E-state index >= 15 is 0 Å². The maximum Gasteiger partial charge on any atom is 0.135 e. The van der Waals surface area contributed by atoms with Crippen LogP contribution in [0.5, 0.6) is 0 Å². The van der Waals surface area contributed by atoms with E-state index in [2.05, 4.69) is 55.5 Å². The van der Waals surface area contributed by atoms with Gasteiger partial charge in [-0.05, 0) is 64.2 Å². The minimum atomic E-state index is 0.186. The molecule has 0 unspecified atom stereocenters. The van der Waals surface area contributed by atoms with Gasteiger partial charge in [-0.25, -0.2) is 0 Å². The molecule has 154 valence electrons. The van der Waals surface area contributed by atoms with Crippen LogP contribution in [0.15, 0.2) is 48.6 Å². The van der Waals surface area contributed by atoms with Crippen LogP contribution in [0.1, 0.15) is 104 Å². The van der Waals surface area contributed by atoms with Gasteiger partial charge in [0.25, 0.3) is 0 Å². The van der Waals surface area contributed by atoms with Crippen molar-refractivity contribution in [3.05, 3.63) is 48.6 Å². The van der Waals surface area contributed by atoms with Crippen LogP contribution in [0.25, 0.3) is 0 Å². The average molecular weight is 373 g/mol. The van der Waals surface area contributed by atoms with Crippen LogP contribution in [0.2, 0.25) is 0 Å². The maximum atomic E-state index is 11.5. The third-order valence-electron chi connectivity index (χ3n) is 4.58. The van der Waals surface area contributed by atoms with Gasteiger partial charge in [-0.2, -0.15) is 0 Å². The second-order valence-electron chi connectivity index (χ2n) is 7.63. The Kier molecular flexibility index (Phi) is 19.9. The van der Waals surface area contributed by atoms with Crippen molar-refractivity contribution >= 4 is 5.78 Å². The number of Topliss-reactive ketones (excluding diaryl/α,β-unsaturated/α-hetero) is 1. The number of hydrogen-bond acceptors (Lipinski definition) is 1. The van der Waals surface area contributed by atoms with Crippen LogP contribution in [-0.4, -0.2) is 5.78 Å². The number of allylic oxidation sites excluding steroid dienone is 8. The fraction of sp³-hybridized carbons (Fsp3) is 0.654. The molecule has 0 atom stereocenters. The topological polar surface area (TPSA) is 17.1 Å². The summed E-state index contributed by atoms with van der Waals surface area (Å²) in [4.78, 5) is 11.5. The first-order chi connectivity index (χ1) is 13.2. The highest BCUT2D eigenvalue weighted by molar-refractivity contribution is 5.80. The van der Waals surface area contributed by atoms with Crippen LogP contribution in [0.4, 0.5) is 0 Å². The fourth-order valence-electron chi connectivity index (χ4n) is 2.72. The quantitative estimate of drug-likeness (QED) is 0.174. The summed E-state index contributed by atoms with van der Waals surface area (Å²) < 4.78 is 0. The predicted octanol–water partition coefficient (Wildman–Crippen LogP) is 8.53. The Balaban J connectivity index is 3.39. The van der Waals surface area contributed by atoms with Crippen molar-refractivity contribution in [2.45, 2.75) is 104 Å². The van der Waals surface area contributed by atoms with E-state index in [1.165, 1.54) is 38.5 Å². The summed E-state index contributed by atoms with van der Waals surface area (Å²) in [5.74, 6) is 0.574. The molecule has 0 saturated carbocycles. The molecule has 27 heavy (non-hydrogen) atoms. The van der Waals surface area contributed by atoms with Gasteiger partial charge >= 0.3 is 0 Å². The molecule has 0 rings (SSSR count). The molecular formula is C26H44O. The predicted molar refractivity (Wildman–Crippen MR) is 122 cm³/mol. The summed E-state index contributed by atoms with van der Waals surface area (Å²) in [6.45, 7) is 6.21. The van der Waals surface area contributed by atoms with Gasteiger partial charge in [-0.1, -0.05) is 82.2 Å². The third kappa shape index (κ3) is 20.8. The molecule has 0 amide bonds. The molecule has 0 saturated heterocycles. The van der Waals surface area contributed by atoms with Gasteiger partial charge in [0.2, 0.25) is 0 Å². The molecule has 1 heteroatoms. The first-order valence-corrected chi connectivity index (χ1v) is 11.3. The minimum absolute atomic E-state index is 0.186. The Morgan fingerprint density at radius 3 is 1.33 bits per heavy atom. The molecule has 0 aromatic rings. The Morgan fingerprint density at radius 1 is 0.593 bits per heavy atom. The molecular weight excluding hydrogens is 328 g/mol. The number of hydrogen-bond donors (Lipinski definition) is 0. The lowest BCUT2D eigenvalue weighted by Crippen LogP contribution is -2.05. The molecule has 0 radical (unpaired) electrons. The Morgan fingerprint density at radius 2 is 0.963 bits per heavy atom. The zero-order chi connectivity index (χ0) is 20.0. The molecule has 0 fully saturated rings. The molecule has 0 bridgehead atoms. The van der Waals surface area contributed by atoms with Crippen LogP contribution in [0.3, 0.4) is 0 Å². The second-order valence-corrected chi connectivity index (χ2v) is 7.63. The highest BCUT2D eigenvalue weighted by Gasteiger charge is 2.04. The van der Waals surface area contributed by atoms with Crippen molar-refractivity contribution in [2.75, 3.05) is 0 Å². The average Bonchev–Trinajstić information content (AvgIpc) is 2.66. The Labute approximate surface area is 169 Å². The molecule has 0 aliphatic rings. The first kappa shape index (κ1) is 25.6. The van der Waals surface area contributed by atoms with E-state index < -0.39 is 0 Å². The summed E-state index contributed by atoms with van der Waals surface area (Å²) >= 11 is 0. The summed E-state index contributed by atoms with van der Waals surface area (Å²) in [6, 6.07) is 0. The van der Waals surface area contributed by atoms with Crippen molar-refractivity contribution < 1.29 is 4.79 Å². The molecule has 0 heterocycles. The van der Waals surface area contributed by atoms with Gasteiger partial charge < -0.3 is 0 Å². The van der Waals surface area contributed by atoms with E-state index in [1.807, 2.05) is 13.8 Å². The van der Waals surface area contributed by atoms with Crippen molar-refractivity contribution in [1.29, 1.82) is 0 Å². The third-order valence-corrected chi connectivity index (χ3v) is 4.58. The zero-order valence-corrected chi connectivity index (χ0v) is 18.3. The molecule has 0 aromatic carbocycles. The maximum absolute atomic E-state index is 11.5. The highest BCUT2D eigenvalue weighted by Crippen LogP contribution is 2.06. The molecule has 0 aliphatic carbocycles. The molecule has 0 aliphatic heterocycles. The van der Waals surface area contributed by atoms with Crippen molar-refractivity contribution in [1.82, 2.24) is 0 Å². The number of carbonyl (C=O) groups is 1. The second kappa shape index (κ2) is 20.9. The lowest BCUT2D eigenvalue weighted by atomic mass is 10.0. The van der Waals surface area contributed by atoms with Gasteiger partial charge in [-0.3, -0.25) is 4.79 Å². The van der Waals surface area contributed by atoms with Crippen molar-refractivity contribution in [3.63, 3.8) is 0 Å². The Bertz CT molecular complexity index is 437. The Hall–Kier alpha value is -1.37. The minimum Gasteiger partial charge on any atom is -0.299 e. The van der Waals surface area contributed by atoms with E-state index in [4.69, 9.17) is 0 Å². The normalized spacial score (nSPS) is 12.6. The standard InChI is InChI=1S/C26H44O/c1-4-5-6-7-8-9-10-11-12-13-14-15-16-17-18-19-20-21-22-23-24-26(27)25(2)3/h8-9,12-13,16-17,20-21,25H,4-7,10-11,14-15,18-19,22-24H2,1-3H3/b9-8-,13-12-,17-16-,21-20-. The molecule has 0 aromatic heterocycles. The van der Waals surface area contributed by atoms with E-state index in [9.17, 15) is 4.79 Å². The highest BCUT2D eigenvalue weighted by atomic mass is 16.1. The summed E-state index contributed by atoms with van der Waals surface area (Å²) in [6.07, 6.45) is 33.2. The van der Waals surface area contributed by atoms with Crippen LogP contribution < -0.4 is 0 Å². The molecule has 0 spiro atoms. The van der Waals surface area contributed by atoms with Gasteiger partial charge in [0.05, 0.1) is 0 Å². The van der Waals surface area contributed by atoms with Gasteiger partial charge in [0.1, 0.15) is 5.78 Å². The van der Waals surface area contributed by atoms with Crippen LogP contribution in [-0.2, 0) is 4.79 Å².